The van der Waals surface area contributed by atoms with E-state index in [1.165, 1.54) is 29.9 Å². The quantitative estimate of drug-likeness (QED) is 0.935. The topological polar surface area (TPSA) is 32.3 Å². The van der Waals surface area contributed by atoms with E-state index in [2.05, 4.69) is 34.5 Å². The maximum atomic E-state index is 11.8. The van der Waals surface area contributed by atoms with E-state index in [-0.39, 0.29) is 5.91 Å². The third-order valence-electron chi connectivity index (χ3n) is 3.61. The first kappa shape index (κ1) is 13.2. The van der Waals surface area contributed by atoms with Gasteiger partial charge in [-0.15, -0.1) is 11.3 Å². The van der Waals surface area contributed by atoms with Crippen molar-refractivity contribution in [2.24, 2.45) is 0 Å². The molecule has 1 saturated heterocycles. The van der Waals surface area contributed by atoms with Crippen molar-refractivity contribution in [3.05, 3.63) is 52.2 Å². The van der Waals surface area contributed by atoms with Crippen LogP contribution in [0.15, 0.2) is 41.8 Å². The first-order chi connectivity index (χ1) is 9.83. The highest BCUT2D eigenvalue weighted by Gasteiger charge is 2.12. The predicted octanol–water partition coefficient (Wildman–Crippen LogP) is 3.28. The molecule has 2 aromatic rings. The smallest absolute Gasteiger partial charge is 0.261 e. The molecular weight excluding hydrogens is 268 g/mol. The Bertz CT molecular complexity index is 557. The summed E-state index contributed by atoms with van der Waals surface area (Å²) >= 11 is 1.47. The molecular formula is C16H18N2OS. The van der Waals surface area contributed by atoms with Gasteiger partial charge in [0.05, 0.1) is 4.88 Å². The maximum absolute atomic E-state index is 11.8. The van der Waals surface area contributed by atoms with Crippen molar-refractivity contribution in [1.29, 1.82) is 0 Å². The number of carbonyl (C=O) groups excluding carboxylic acids is 1. The van der Waals surface area contributed by atoms with Crippen LogP contribution >= 0.6 is 11.3 Å². The van der Waals surface area contributed by atoms with E-state index in [0.29, 0.717) is 6.54 Å². The van der Waals surface area contributed by atoms with Crippen LogP contribution in [0.5, 0.6) is 0 Å². The summed E-state index contributed by atoms with van der Waals surface area (Å²) in [5, 5.41) is 4.86. The van der Waals surface area contributed by atoms with Gasteiger partial charge in [-0.3, -0.25) is 4.79 Å². The van der Waals surface area contributed by atoms with E-state index in [4.69, 9.17) is 0 Å². The van der Waals surface area contributed by atoms with E-state index in [1.807, 2.05) is 17.5 Å². The third-order valence-corrected chi connectivity index (χ3v) is 4.47. The van der Waals surface area contributed by atoms with Gasteiger partial charge in [-0.25, -0.2) is 0 Å². The van der Waals surface area contributed by atoms with Crippen LogP contribution in [0, 0.1) is 0 Å². The van der Waals surface area contributed by atoms with E-state index in [1.54, 1.807) is 0 Å². The number of thiophene rings is 1. The Morgan fingerprint density at radius 3 is 2.55 bits per heavy atom. The van der Waals surface area contributed by atoms with Crippen LogP contribution < -0.4 is 10.2 Å². The Balaban J connectivity index is 1.56. The van der Waals surface area contributed by atoms with Gasteiger partial charge in [-0.05, 0) is 42.0 Å². The molecule has 1 aliphatic rings. The van der Waals surface area contributed by atoms with Crippen LogP contribution in [0.3, 0.4) is 0 Å². The average Bonchev–Trinajstić information content (AvgIpc) is 3.18. The summed E-state index contributed by atoms with van der Waals surface area (Å²) in [5.74, 6) is 0.00335. The molecule has 4 heteroatoms. The SMILES string of the molecule is O=C(NCc1ccc(N2CCCC2)cc1)c1cccs1. The molecule has 0 spiro atoms. The Hall–Kier alpha value is -1.81. The van der Waals surface area contributed by atoms with Crippen LogP contribution in [-0.2, 0) is 6.54 Å². The second kappa shape index (κ2) is 6.09. The van der Waals surface area contributed by atoms with Gasteiger partial charge in [0.25, 0.3) is 5.91 Å². The highest BCUT2D eigenvalue weighted by Crippen LogP contribution is 2.20. The summed E-state index contributed by atoms with van der Waals surface area (Å²) in [4.78, 5) is 15.0. The summed E-state index contributed by atoms with van der Waals surface area (Å²) < 4.78 is 0. The van der Waals surface area contributed by atoms with Crippen LogP contribution in [0.2, 0.25) is 0 Å². The van der Waals surface area contributed by atoms with Gasteiger partial charge in [0, 0.05) is 25.3 Å². The molecule has 3 rings (SSSR count). The zero-order chi connectivity index (χ0) is 13.8. The minimum absolute atomic E-state index is 0.00335. The van der Waals surface area contributed by atoms with Gasteiger partial charge in [0.1, 0.15) is 0 Å². The van der Waals surface area contributed by atoms with E-state index in [9.17, 15) is 4.79 Å². The lowest BCUT2D eigenvalue weighted by Gasteiger charge is -2.17. The molecule has 0 unspecified atom stereocenters. The lowest BCUT2D eigenvalue weighted by molar-refractivity contribution is 0.0955. The Morgan fingerprint density at radius 1 is 1.15 bits per heavy atom. The fourth-order valence-corrected chi connectivity index (χ4v) is 3.12. The highest BCUT2D eigenvalue weighted by atomic mass is 32.1. The fourth-order valence-electron chi connectivity index (χ4n) is 2.48. The van der Waals surface area contributed by atoms with Gasteiger partial charge in [-0.2, -0.15) is 0 Å². The van der Waals surface area contributed by atoms with Crippen molar-refractivity contribution in [2.45, 2.75) is 19.4 Å². The van der Waals surface area contributed by atoms with Gasteiger partial charge in [-0.1, -0.05) is 18.2 Å². The van der Waals surface area contributed by atoms with Crippen molar-refractivity contribution < 1.29 is 4.79 Å². The Labute approximate surface area is 123 Å². The second-order valence-corrected chi connectivity index (χ2v) is 5.97. The lowest BCUT2D eigenvalue weighted by atomic mass is 10.2. The Kier molecular flexibility index (Phi) is 4.02. The zero-order valence-corrected chi connectivity index (χ0v) is 12.2. The molecule has 1 aromatic carbocycles. The number of benzene rings is 1. The van der Waals surface area contributed by atoms with Crippen LogP contribution in [0.1, 0.15) is 28.1 Å². The molecule has 1 N–H and O–H groups in total. The molecule has 1 amide bonds. The highest BCUT2D eigenvalue weighted by molar-refractivity contribution is 7.12. The molecule has 0 atom stereocenters. The fraction of sp³-hybridized carbons (Fsp3) is 0.312. The van der Waals surface area contributed by atoms with Gasteiger partial charge < -0.3 is 10.2 Å². The zero-order valence-electron chi connectivity index (χ0n) is 11.3. The number of anilines is 1. The number of carbonyl (C=O) groups is 1. The standard InChI is InChI=1S/C16H18N2OS/c19-16(15-4-3-11-20-15)17-12-13-5-7-14(8-6-13)18-9-1-2-10-18/h3-8,11H,1-2,9-10,12H2,(H,17,19). The van der Waals surface area contributed by atoms with Crippen molar-refractivity contribution >= 4 is 22.9 Å². The third kappa shape index (κ3) is 3.02. The average molecular weight is 286 g/mol. The number of rotatable bonds is 4. The van der Waals surface area contributed by atoms with Gasteiger partial charge >= 0.3 is 0 Å². The first-order valence-corrected chi connectivity index (χ1v) is 7.86. The van der Waals surface area contributed by atoms with Crippen LogP contribution in [0.4, 0.5) is 5.69 Å². The van der Waals surface area contributed by atoms with Gasteiger partial charge in [0.15, 0.2) is 0 Å². The van der Waals surface area contributed by atoms with Crippen LogP contribution in [-0.4, -0.2) is 19.0 Å². The van der Waals surface area contributed by atoms with E-state index >= 15 is 0 Å². The van der Waals surface area contributed by atoms with Crippen LogP contribution in [0.25, 0.3) is 0 Å². The first-order valence-electron chi connectivity index (χ1n) is 6.98. The molecule has 3 nitrogen and oxygen atoms in total. The molecule has 1 fully saturated rings. The predicted molar refractivity (Wildman–Crippen MR) is 83.4 cm³/mol. The molecule has 0 saturated carbocycles. The molecule has 2 heterocycles. The maximum Gasteiger partial charge on any atom is 0.261 e. The number of nitrogens with one attached hydrogen (secondary N) is 1. The molecule has 0 aliphatic carbocycles. The molecule has 20 heavy (non-hydrogen) atoms. The van der Waals surface area contributed by atoms with Crippen molar-refractivity contribution in [2.75, 3.05) is 18.0 Å². The number of nitrogens with zero attached hydrogens (tertiary/aromatic N) is 1. The minimum atomic E-state index is 0.00335. The van der Waals surface area contributed by atoms with E-state index < -0.39 is 0 Å². The number of hydrogen-bond acceptors (Lipinski definition) is 3. The summed E-state index contributed by atoms with van der Waals surface area (Å²) in [5.41, 5.74) is 2.42. The lowest BCUT2D eigenvalue weighted by Crippen LogP contribution is -2.22. The Morgan fingerprint density at radius 2 is 1.90 bits per heavy atom. The largest absolute Gasteiger partial charge is 0.372 e. The van der Waals surface area contributed by atoms with Crippen molar-refractivity contribution in [3.63, 3.8) is 0 Å². The van der Waals surface area contributed by atoms with Crippen molar-refractivity contribution in [3.8, 4) is 0 Å². The summed E-state index contributed by atoms with van der Waals surface area (Å²) in [6.45, 7) is 2.90. The van der Waals surface area contributed by atoms with Gasteiger partial charge in [0.2, 0.25) is 0 Å². The molecule has 0 bridgehead atoms. The molecule has 104 valence electrons. The summed E-state index contributed by atoms with van der Waals surface area (Å²) in [7, 11) is 0. The summed E-state index contributed by atoms with van der Waals surface area (Å²) in [6.07, 6.45) is 2.58. The minimum Gasteiger partial charge on any atom is -0.372 e. The van der Waals surface area contributed by atoms with E-state index in [0.717, 1.165) is 23.5 Å². The summed E-state index contributed by atoms with van der Waals surface area (Å²) in [6, 6.07) is 12.2. The molecule has 0 radical (unpaired) electrons. The number of amides is 1. The monoisotopic (exact) mass is 286 g/mol. The van der Waals surface area contributed by atoms with Crippen molar-refractivity contribution in [1.82, 2.24) is 5.32 Å². The normalized spacial score (nSPS) is 14.5. The molecule has 1 aliphatic heterocycles. The second-order valence-electron chi connectivity index (χ2n) is 5.02. The molecule has 1 aromatic heterocycles. The number of hydrogen-bond donors (Lipinski definition) is 1.